The zero-order valence-electron chi connectivity index (χ0n) is 10.3. The summed E-state index contributed by atoms with van der Waals surface area (Å²) >= 11 is 0. The molecule has 1 N–H and O–H groups in total. The van der Waals surface area contributed by atoms with Crippen LogP contribution < -0.4 is 0 Å². The van der Waals surface area contributed by atoms with Crippen LogP contribution in [0.4, 0.5) is 13.2 Å². The molecule has 1 rings (SSSR count). The quantitative estimate of drug-likeness (QED) is 0.503. The highest BCUT2D eigenvalue weighted by Crippen LogP contribution is 2.29. The first-order valence-electron chi connectivity index (χ1n) is 5.48. The number of rotatable bonds is 5. The van der Waals surface area contributed by atoms with Crippen molar-refractivity contribution < 1.29 is 22.9 Å². The number of alkyl halides is 3. The Labute approximate surface area is 109 Å². The van der Waals surface area contributed by atoms with Gasteiger partial charge in [-0.25, -0.2) is 0 Å². The zero-order chi connectivity index (χ0) is 14.3. The lowest BCUT2D eigenvalue weighted by atomic mass is 10.1. The van der Waals surface area contributed by atoms with Gasteiger partial charge in [-0.3, -0.25) is 4.99 Å². The predicted molar refractivity (Wildman–Crippen MR) is 69.5 cm³/mol. The van der Waals surface area contributed by atoms with Gasteiger partial charge >= 0.3 is 14.2 Å². The zero-order valence-corrected chi connectivity index (χ0v) is 10.3. The Kier molecular flexibility index (Phi) is 5.63. The molecular weight excluding hydrogens is 258 g/mol. The summed E-state index contributed by atoms with van der Waals surface area (Å²) in [5.41, 5.74) is -0.0974. The lowest BCUT2D eigenvalue weighted by Gasteiger charge is -2.06. The summed E-state index contributed by atoms with van der Waals surface area (Å²) in [4.78, 5) is 3.87. The van der Waals surface area contributed by atoms with Crippen LogP contribution in [-0.4, -0.2) is 32.2 Å². The van der Waals surface area contributed by atoms with E-state index >= 15 is 0 Å². The van der Waals surface area contributed by atoms with Gasteiger partial charge in [-0.05, 0) is 17.7 Å². The summed E-state index contributed by atoms with van der Waals surface area (Å²) in [6, 6.07) is 4.24. The fourth-order valence-electron chi connectivity index (χ4n) is 1.30. The van der Waals surface area contributed by atoms with Gasteiger partial charge in [0.2, 0.25) is 0 Å². The van der Waals surface area contributed by atoms with Crippen LogP contribution >= 0.6 is 0 Å². The van der Waals surface area contributed by atoms with Gasteiger partial charge in [-0.2, -0.15) is 13.2 Å². The Balaban J connectivity index is 2.74. The Bertz CT molecular complexity index is 443. The van der Waals surface area contributed by atoms with E-state index in [1.165, 1.54) is 26.6 Å². The fourth-order valence-corrected chi connectivity index (χ4v) is 1.30. The van der Waals surface area contributed by atoms with Crippen molar-refractivity contribution in [2.75, 3.05) is 6.61 Å². The minimum atomic E-state index is -4.33. The topological polar surface area (TPSA) is 41.8 Å². The molecule has 0 amide bonds. The van der Waals surface area contributed by atoms with E-state index in [1.54, 1.807) is 12.2 Å². The smallest absolute Gasteiger partial charge is 0.416 e. The highest BCUT2D eigenvalue weighted by Gasteiger charge is 2.29. The molecule has 0 aliphatic carbocycles. The van der Waals surface area contributed by atoms with Gasteiger partial charge < -0.3 is 9.76 Å². The maximum absolute atomic E-state index is 12.3. The standard InChI is InChI=1S/C12H13BF3NO2/c13-19-8-17-11(7-18)6-3-9-1-4-10(5-2-9)12(14,15)16/h1-6,8,11,18H,7,13H2/b6-3+,17-8-/t11-/m1/s1. The van der Waals surface area contributed by atoms with Gasteiger partial charge in [0.05, 0.1) is 18.2 Å². The molecule has 0 aliphatic rings. The van der Waals surface area contributed by atoms with E-state index in [4.69, 9.17) is 5.11 Å². The molecule has 102 valence electrons. The highest BCUT2D eigenvalue weighted by molar-refractivity contribution is 6.02. The van der Waals surface area contributed by atoms with E-state index in [-0.39, 0.29) is 6.61 Å². The summed E-state index contributed by atoms with van der Waals surface area (Å²) in [6.07, 6.45) is 0.0305. The molecule has 1 aromatic rings. The van der Waals surface area contributed by atoms with E-state index in [0.29, 0.717) is 5.56 Å². The normalized spacial score (nSPS) is 14.1. The minimum Gasteiger partial charge on any atom is -0.560 e. The van der Waals surface area contributed by atoms with Crippen molar-refractivity contribution in [3.05, 3.63) is 41.5 Å². The van der Waals surface area contributed by atoms with E-state index in [2.05, 4.69) is 9.65 Å². The largest absolute Gasteiger partial charge is 0.560 e. The number of benzene rings is 1. The fraction of sp³-hybridized carbons (Fsp3) is 0.250. The average Bonchev–Trinajstić information content (AvgIpc) is 2.38. The van der Waals surface area contributed by atoms with E-state index in [0.717, 1.165) is 12.1 Å². The molecule has 7 heteroatoms. The second kappa shape index (κ2) is 6.99. The summed E-state index contributed by atoms with van der Waals surface area (Å²) in [5.74, 6) is 0. The van der Waals surface area contributed by atoms with Crippen LogP contribution in [0.3, 0.4) is 0 Å². The maximum atomic E-state index is 12.3. The van der Waals surface area contributed by atoms with Crippen LogP contribution in [0.15, 0.2) is 35.3 Å². The number of halogens is 3. The van der Waals surface area contributed by atoms with Crippen molar-refractivity contribution in [1.82, 2.24) is 0 Å². The van der Waals surface area contributed by atoms with Gasteiger partial charge in [-0.15, -0.1) is 0 Å². The average molecular weight is 271 g/mol. The Morgan fingerprint density at radius 2 is 1.95 bits per heavy atom. The molecular formula is C12H13BF3NO2. The van der Waals surface area contributed by atoms with Gasteiger partial charge in [0.15, 0.2) is 6.40 Å². The molecule has 0 saturated carbocycles. The minimum absolute atomic E-state index is 0.211. The van der Waals surface area contributed by atoms with Crippen LogP contribution in [0.25, 0.3) is 6.08 Å². The van der Waals surface area contributed by atoms with Crippen LogP contribution in [0.2, 0.25) is 0 Å². The van der Waals surface area contributed by atoms with E-state index < -0.39 is 17.8 Å². The lowest BCUT2D eigenvalue weighted by molar-refractivity contribution is -0.137. The first-order chi connectivity index (χ1) is 8.97. The van der Waals surface area contributed by atoms with Gasteiger partial charge in [0.1, 0.15) is 0 Å². The van der Waals surface area contributed by atoms with Crippen LogP contribution in [0.1, 0.15) is 11.1 Å². The molecule has 0 fully saturated rings. The lowest BCUT2D eigenvalue weighted by Crippen LogP contribution is -2.06. The van der Waals surface area contributed by atoms with E-state index in [1.807, 2.05) is 0 Å². The third-order valence-electron chi connectivity index (χ3n) is 2.29. The van der Waals surface area contributed by atoms with Crippen molar-refractivity contribution >= 4 is 20.5 Å². The van der Waals surface area contributed by atoms with Crippen LogP contribution in [-0.2, 0) is 10.8 Å². The van der Waals surface area contributed by atoms with Crippen molar-refractivity contribution in [1.29, 1.82) is 0 Å². The molecule has 0 bridgehead atoms. The molecule has 0 unspecified atom stereocenters. The SMILES string of the molecule is BO/C=N\[C@H](/C=C/c1ccc(C(F)(F)F)cc1)CO. The predicted octanol–water partition coefficient (Wildman–Crippen LogP) is 1.67. The summed E-state index contributed by atoms with van der Waals surface area (Å²) in [6.45, 7) is -0.211. The molecule has 0 aromatic heterocycles. The third kappa shape index (κ3) is 5.17. The molecule has 19 heavy (non-hydrogen) atoms. The summed E-state index contributed by atoms with van der Waals surface area (Å²) in [5, 5.41) is 9.01. The molecule has 1 atom stereocenters. The summed E-state index contributed by atoms with van der Waals surface area (Å²) in [7, 11) is 1.43. The maximum Gasteiger partial charge on any atom is 0.416 e. The number of aliphatic hydroxyl groups excluding tert-OH is 1. The molecule has 0 spiro atoms. The Hall–Kier alpha value is -1.76. The van der Waals surface area contributed by atoms with Crippen molar-refractivity contribution in [3.63, 3.8) is 0 Å². The number of hydrogen-bond acceptors (Lipinski definition) is 3. The van der Waals surface area contributed by atoms with Crippen molar-refractivity contribution in [2.24, 2.45) is 4.99 Å². The van der Waals surface area contributed by atoms with Crippen molar-refractivity contribution in [3.8, 4) is 0 Å². The number of aliphatic imine (C=N–C) groups is 1. The molecule has 0 saturated heterocycles. The van der Waals surface area contributed by atoms with Crippen LogP contribution in [0, 0.1) is 0 Å². The summed E-state index contributed by atoms with van der Waals surface area (Å²) < 4.78 is 41.6. The number of nitrogens with zero attached hydrogens (tertiary/aromatic N) is 1. The highest BCUT2D eigenvalue weighted by atomic mass is 19.4. The van der Waals surface area contributed by atoms with Crippen LogP contribution in [0.5, 0.6) is 0 Å². The van der Waals surface area contributed by atoms with Gasteiger partial charge in [0.25, 0.3) is 0 Å². The van der Waals surface area contributed by atoms with Crippen molar-refractivity contribution in [2.45, 2.75) is 12.2 Å². The van der Waals surface area contributed by atoms with Gasteiger partial charge in [-0.1, -0.05) is 24.3 Å². The number of aliphatic hydroxyl groups is 1. The first kappa shape index (κ1) is 15.3. The molecule has 0 aliphatic heterocycles. The second-order valence-corrected chi connectivity index (χ2v) is 3.72. The second-order valence-electron chi connectivity index (χ2n) is 3.72. The number of hydrogen-bond donors (Lipinski definition) is 1. The Morgan fingerprint density at radius 1 is 1.32 bits per heavy atom. The third-order valence-corrected chi connectivity index (χ3v) is 2.29. The van der Waals surface area contributed by atoms with Gasteiger partial charge in [0, 0.05) is 0 Å². The molecule has 0 heterocycles. The van der Waals surface area contributed by atoms with E-state index in [9.17, 15) is 13.2 Å². The first-order valence-corrected chi connectivity index (χ1v) is 5.48. The monoisotopic (exact) mass is 271 g/mol. The molecule has 3 nitrogen and oxygen atoms in total. The molecule has 1 aromatic carbocycles. The Morgan fingerprint density at radius 3 is 2.42 bits per heavy atom. The molecule has 0 radical (unpaired) electrons.